The lowest BCUT2D eigenvalue weighted by molar-refractivity contribution is 0.210. The van der Waals surface area contributed by atoms with Crippen LogP contribution in [0.15, 0.2) is 24.3 Å². The van der Waals surface area contributed by atoms with Crippen molar-refractivity contribution in [3.05, 3.63) is 34.9 Å². The molecule has 0 aliphatic carbocycles. The van der Waals surface area contributed by atoms with Crippen LogP contribution in [0.4, 0.5) is 4.79 Å². The lowest BCUT2D eigenvalue weighted by atomic mass is 9.82. The van der Waals surface area contributed by atoms with E-state index in [-0.39, 0.29) is 17.0 Å². The van der Waals surface area contributed by atoms with E-state index in [4.69, 9.17) is 11.6 Å². The molecule has 0 saturated carbocycles. The normalized spacial score (nSPS) is 12.1. The van der Waals surface area contributed by atoms with Crippen molar-refractivity contribution >= 4 is 17.6 Å². The summed E-state index contributed by atoms with van der Waals surface area (Å²) in [7, 11) is 0. The minimum Gasteiger partial charge on any atom is -0.338 e. The summed E-state index contributed by atoms with van der Waals surface area (Å²) in [6, 6.07) is 7.57. The molecule has 2 amide bonds. The van der Waals surface area contributed by atoms with Crippen molar-refractivity contribution in [2.75, 3.05) is 6.54 Å². The summed E-state index contributed by atoms with van der Waals surface area (Å²) < 4.78 is 0. The van der Waals surface area contributed by atoms with Gasteiger partial charge >= 0.3 is 6.03 Å². The smallest absolute Gasteiger partial charge is 0.315 e. The number of rotatable bonds is 5. The van der Waals surface area contributed by atoms with E-state index in [1.165, 1.54) is 0 Å². The molecule has 0 aromatic heterocycles. The molecule has 118 valence electrons. The van der Waals surface area contributed by atoms with Gasteiger partial charge in [-0.15, -0.1) is 0 Å². The molecule has 3 nitrogen and oxygen atoms in total. The molecule has 0 bridgehead atoms. The van der Waals surface area contributed by atoms with Crippen molar-refractivity contribution < 1.29 is 4.79 Å². The molecule has 0 atom stereocenters. The van der Waals surface area contributed by atoms with E-state index in [0.29, 0.717) is 6.54 Å². The van der Waals surface area contributed by atoms with Crippen molar-refractivity contribution in [3.8, 4) is 0 Å². The highest BCUT2D eigenvalue weighted by molar-refractivity contribution is 6.30. The fourth-order valence-electron chi connectivity index (χ4n) is 2.69. The van der Waals surface area contributed by atoms with E-state index < -0.39 is 0 Å². The number of hydrogen-bond acceptors (Lipinski definition) is 1. The van der Waals surface area contributed by atoms with Gasteiger partial charge in [-0.25, -0.2) is 4.79 Å². The van der Waals surface area contributed by atoms with Gasteiger partial charge < -0.3 is 10.6 Å². The summed E-state index contributed by atoms with van der Waals surface area (Å²) >= 11 is 5.84. The summed E-state index contributed by atoms with van der Waals surface area (Å²) in [5.74, 6) is 0. The van der Waals surface area contributed by atoms with Crippen molar-refractivity contribution in [1.29, 1.82) is 0 Å². The van der Waals surface area contributed by atoms with Crippen molar-refractivity contribution in [3.63, 3.8) is 0 Å². The summed E-state index contributed by atoms with van der Waals surface area (Å²) in [6.45, 7) is 11.2. The maximum atomic E-state index is 11.9. The molecule has 21 heavy (non-hydrogen) atoms. The second-order valence-electron chi connectivity index (χ2n) is 7.38. The maximum absolute atomic E-state index is 11.9. The molecule has 0 aliphatic rings. The van der Waals surface area contributed by atoms with E-state index in [9.17, 15) is 4.79 Å². The van der Waals surface area contributed by atoms with Crippen LogP contribution in [0.2, 0.25) is 5.02 Å². The summed E-state index contributed by atoms with van der Waals surface area (Å²) in [6.07, 6.45) is 1.72. The fraction of sp³-hybridized carbons (Fsp3) is 0.588. The standard InChI is InChI=1S/C17H27ClN2O/c1-16(2,3)12-17(4,5)20-15(21)19-11-10-13-6-8-14(18)9-7-13/h6-9H,10-12H2,1-5H3,(H2,19,20,21). The average Bonchev–Trinajstić information content (AvgIpc) is 2.27. The predicted octanol–water partition coefficient (Wildman–Crippen LogP) is 4.40. The molecule has 1 rings (SSSR count). The Morgan fingerprint density at radius 2 is 1.67 bits per heavy atom. The first-order valence-electron chi connectivity index (χ1n) is 7.38. The number of carbonyl (C=O) groups excluding carboxylic acids is 1. The van der Waals surface area contributed by atoms with Crippen LogP contribution in [-0.4, -0.2) is 18.1 Å². The first-order chi connectivity index (χ1) is 9.57. The molecular formula is C17H27ClN2O. The third-order valence-electron chi connectivity index (χ3n) is 3.04. The average molecular weight is 311 g/mol. The van der Waals surface area contributed by atoms with E-state index >= 15 is 0 Å². The van der Waals surface area contributed by atoms with Crippen molar-refractivity contribution in [2.24, 2.45) is 5.41 Å². The lowest BCUT2D eigenvalue weighted by Crippen LogP contribution is -2.50. The number of nitrogens with one attached hydrogen (secondary N) is 2. The van der Waals surface area contributed by atoms with Gasteiger partial charge in [0, 0.05) is 17.1 Å². The summed E-state index contributed by atoms with van der Waals surface area (Å²) in [5.41, 5.74) is 1.12. The van der Waals surface area contributed by atoms with Gasteiger partial charge in [0.25, 0.3) is 0 Å². The highest BCUT2D eigenvalue weighted by atomic mass is 35.5. The van der Waals surface area contributed by atoms with Gasteiger partial charge in [0.2, 0.25) is 0 Å². The number of benzene rings is 1. The fourth-order valence-corrected chi connectivity index (χ4v) is 2.82. The minimum absolute atomic E-state index is 0.113. The molecule has 0 spiro atoms. The highest BCUT2D eigenvalue weighted by Crippen LogP contribution is 2.26. The monoisotopic (exact) mass is 310 g/mol. The van der Waals surface area contributed by atoms with Crippen LogP contribution in [0.1, 0.15) is 46.6 Å². The van der Waals surface area contributed by atoms with E-state index in [0.717, 1.165) is 23.4 Å². The Bertz CT molecular complexity index is 461. The topological polar surface area (TPSA) is 41.1 Å². The van der Waals surface area contributed by atoms with Gasteiger partial charge in [-0.3, -0.25) is 0 Å². The molecule has 4 heteroatoms. The van der Waals surface area contributed by atoms with E-state index in [1.54, 1.807) is 0 Å². The zero-order chi connectivity index (χ0) is 16.1. The Kier molecular flexibility index (Phi) is 6.09. The minimum atomic E-state index is -0.220. The molecule has 2 N–H and O–H groups in total. The molecule has 0 fully saturated rings. The summed E-state index contributed by atoms with van der Waals surface area (Å²) in [4.78, 5) is 11.9. The van der Waals surface area contributed by atoms with E-state index in [2.05, 4.69) is 45.3 Å². The first kappa shape index (κ1) is 17.8. The van der Waals surface area contributed by atoms with Crippen LogP contribution in [0, 0.1) is 5.41 Å². The zero-order valence-corrected chi connectivity index (χ0v) is 14.5. The van der Waals surface area contributed by atoms with Crippen LogP contribution in [0.3, 0.4) is 0 Å². The third kappa shape index (κ3) is 7.96. The zero-order valence-electron chi connectivity index (χ0n) is 13.7. The number of amides is 2. The number of hydrogen-bond donors (Lipinski definition) is 2. The largest absolute Gasteiger partial charge is 0.338 e. The van der Waals surface area contributed by atoms with Gasteiger partial charge in [-0.1, -0.05) is 44.5 Å². The van der Waals surface area contributed by atoms with Crippen molar-refractivity contribution in [1.82, 2.24) is 10.6 Å². The molecule has 0 unspecified atom stereocenters. The van der Waals surface area contributed by atoms with Gasteiger partial charge in [0.15, 0.2) is 0 Å². The van der Waals surface area contributed by atoms with Crippen LogP contribution in [0.5, 0.6) is 0 Å². The Morgan fingerprint density at radius 1 is 1.10 bits per heavy atom. The van der Waals surface area contributed by atoms with Gasteiger partial charge in [-0.05, 0) is 49.8 Å². The third-order valence-corrected chi connectivity index (χ3v) is 3.29. The van der Waals surface area contributed by atoms with Crippen LogP contribution >= 0.6 is 11.6 Å². The van der Waals surface area contributed by atoms with Gasteiger partial charge in [0.05, 0.1) is 0 Å². The second kappa shape index (κ2) is 7.17. The van der Waals surface area contributed by atoms with Crippen molar-refractivity contribution in [2.45, 2.75) is 53.0 Å². The molecule has 1 aromatic carbocycles. The van der Waals surface area contributed by atoms with Gasteiger partial charge in [0.1, 0.15) is 0 Å². The molecule has 0 saturated heterocycles. The Morgan fingerprint density at radius 3 is 2.19 bits per heavy atom. The SMILES string of the molecule is CC(C)(C)CC(C)(C)NC(=O)NCCc1ccc(Cl)cc1. The highest BCUT2D eigenvalue weighted by Gasteiger charge is 2.26. The Balaban J connectivity index is 2.35. The van der Waals surface area contributed by atoms with Crippen LogP contribution in [0.25, 0.3) is 0 Å². The number of halogens is 1. The maximum Gasteiger partial charge on any atom is 0.315 e. The lowest BCUT2D eigenvalue weighted by Gasteiger charge is -2.33. The molecule has 0 aliphatic heterocycles. The molecule has 0 heterocycles. The van der Waals surface area contributed by atoms with Gasteiger partial charge in [-0.2, -0.15) is 0 Å². The molecule has 0 radical (unpaired) electrons. The first-order valence-corrected chi connectivity index (χ1v) is 7.76. The molecular weight excluding hydrogens is 284 g/mol. The second-order valence-corrected chi connectivity index (χ2v) is 7.82. The van der Waals surface area contributed by atoms with Crippen LogP contribution < -0.4 is 10.6 Å². The van der Waals surface area contributed by atoms with E-state index in [1.807, 2.05) is 24.3 Å². The predicted molar refractivity (Wildman–Crippen MR) is 89.8 cm³/mol. The number of urea groups is 1. The Hall–Kier alpha value is -1.22. The van der Waals surface area contributed by atoms with Crippen LogP contribution in [-0.2, 0) is 6.42 Å². The number of carbonyl (C=O) groups is 1. The quantitative estimate of drug-likeness (QED) is 0.831. The molecule has 1 aromatic rings. The summed E-state index contributed by atoms with van der Waals surface area (Å²) in [5, 5.41) is 6.67. The Labute approximate surface area is 133 Å².